The molecule has 2 unspecified atom stereocenters. The number of fused-ring (bicyclic) bond motifs is 2. The summed E-state index contributed by atoms with van der Waals surface area (Å²) in [5.41, 5.74) is 1.29. The lowest BCUT2D eigenvalue weighted by atomic mass is 10.1. The molecule has 0 spiro atoms. The topological polar surface area (TPSA) is 12.0 Å². The number of nitrogens with one attached hydrogen (secondary N) is 1. The van der Waals surface area contributed by atoms with E-state index in [1.165, 1.54) is 25.0 Å². The maximum Gasteiger partial charge on any atom is 0.0264 e. The van der Waals surface area contributed by atoms with Gasteiger partial charge in [0.1, 0.15) is 0 Å². The van der Waals surface area contributed by atoms with E-state index in [1.807, 2.05) is 0 Å². The Bertz CT molecular complexity index is 128. The second kappa shape index (κ2) is 1.28. The van der Waals surface area contributed by atoms with Crippen molar-refractivity contribution in [1.29, 1.82) is 0 Å². The minimum atomic E-state index is 0.799. The van der Waals surface area contributed by atoms with Gasteiger partial charge in [0.05, 0.1) is 0 Å². The highest BCUT2D eigenvalue weighted by Gasteiger charge is 2.33. The van der Waals surface area contributed by atoms with Crippen molar-refractivity contribution in [2.45, 2.75) is 25.3 Å². The number of allylic oxidation sites excluding steroid dienone is 1. The van der Waals surface area contributed by atoms with E-state index >= 15 is 0 Å². The fourth-order valence-corrected chi connectivity index (χ4v) is 1.81. The molecule has 2 atom stereocenters. The van der Waals surface area contributed by atoms with Crippen LogP contribution in [0.15, 0.2) is 12.3 Å². The van der Waals surface area contributed by atoms with Gasteiger partial charge in [-0.1, -0.05) is 6.58 Å². The van der Waals surface area contributed by atoms with E-state index in [0.29, 0.717) is 0 Å². The molecule has 1 nitrogen and oxygen atoms in total. The zero-order valence-corrected chi connectivity index (χ0v) is 4.98. The van der Waals surface area contributed by atoms with E-state index in [0.717, 1.165) is 12.0 Å². The average molecular weight is 109 g/mol. The summed E-state index contributed by atoms with van der Waals surface area (Å²) in [5.74, 6) is 0.833. The molecule has 44 valence electrons. The van der Waals surface area contributed by atoms with Crippen molar-refractivity contribution in [2.75, 3.05) is 0 Å². The Kier molecular flexibility index (Phi) is 0.706. The van der Waals surface area contributed by atoms with Gasteiger partial charge in [-0.3, -0.25) is 0 Å². The van der Waals surface area contributed by atoms with E-state index in [4.69, 9.17) is 0 Å². The van der Waals surface area contributed by atoms with Gasteiger partial charge in [-0.05, 0) is 19.3 Å². The van der Waals surface area contributed by atoms with Crippen LogP contribution in [0.4, 0.5) is 0 Å². The molecule has 1 aliphatic carbocycles. The standard InChI is InChI=1S/C7H11N/c1-5-6-2-3-7(4-6)8-5/h6-8H,1-4H2. The summed E-state index contributed by atoms with van der Waals surface area (Å²) in [6.45, 7) is 3.93. The molecule has 8 heavy (non-hydrogen) atoms. The second-order valence-electron chi connectivity index (χ2n) is 2.88. The Morgan fingerprint density at radius 1 is 1.50 bits per heavy atom. The molecule has 2 bridgehead atoms. The molecule has 2 rings (SSSR count). The third kappa shape index (κ3) is 0.417. The largest absolute Gasteiger partial charge is 0.386 e. The Hall–Kier alpha value is -0.460. The molecule has 2 fully saturated rings. The van der Waals surface area contributed by atoms with Crippen LogP contribution in [0.1, 0.15) is 19.3 Å². The minimum Gasteiger partial charge on any atom is -0.386 e. The van der Waals surface area contributed by atoms with Gasteiger partial charge in [-0.2, -0.15) is 0 Å². The van der Waals surface area contributed by atoms with Crippen molar-refractivity contribution >= 4 is 0 Å². The van der Waals surface area contributed by atoms with Crippen LogP contribution in [-0.2, 0) is 0 Å². The zero-order chi connectivity index (χ0) is 5.56. The fourth-order valence-electron chi connectivity index (χ4n) is 1.81. The Morgan fingerprint density at radius 2 is 2.38 bits per heavy atom. The van der Waals surface area contributed by atoms with Crippen LogP contribution < -0.4 is 5.32 Å². The zero-order valence-electron chi connectivity index (χ0n) is 4.98. The van der Waals surface area contributed by atoms with Crippen molar-refractivity contribution in [3.05, 3.63) is 12.3 Å². The highest BCUT2D eigenvalue weighted by molar-refractivity contribution is 5.11. The van der Waals surface area contributed by atoms with Gasteiger partial charge in [0.2, 0.25) is 0 Å². The molecule has 1 heteroatoms. The number of hydrogen-bond acceptors (Lipinski definition) is 1. The number of rotatable bonds is 0. The van der Waals surface area contributed by atoms with Gasteiger partial charge >= 0.3 is 0 Å². The highest BCUT2D eigenvalue weighted by Crippen LogP contribution is 2.36. The van der Waals surface area contributed by atoms with Gasteiger partial charge in [0.15, 0.2) is 0 Å². The first-order valence-corrected chi connectivity index (χ1v) is 3.31. The van der Waals surface area contributed by atoms with Crippen LogP contribution >= 0.6 is 0 Å². The predicted octanol–water partition coefficient (Wildman–Crippen LogP) is 1.27. The molecular weight excluding hydrogens is 98.1 g/mol. The van der Waals surface area contributed by atoms with E-state index < -0.39 is 0 Å². The Balaban J connectivity index is 2.22. The molecule has 1 saturated carbocycles. The summed E-state index contributed by atoms with van der Waals surface area (Å²) in [5, 5.41) is 3.36. The molecule has 1 N–H and O–H groups in total. The molecule has 0 amide bonds. The average Bonchev–Trinajstić information content (AvgIpc) is 2.23. The van der Waals surface area contributed by atoms with Crippen molar-refractivity contribution in [3.8, 4) is 0 Å². The van der Waals surface area contributed by atoms with Gasteiger partial charge in [-0.15, -0.1) is 0 Å². The summed E-state index contributed by atoms with van der Waals surface area (Å²) >= 11 is 0. The number of piperidine rings is 1. The smallest absolute Gasteiger partial charge is 0.0264 e. The van der Waals surface area contributed by atoms with Crippen molar-refractivity contribution in [3.63, 3.8) is 0 Å². The van der Waals surface area contributed by atoms with Crippen LogP contribution in [0.25, 0.3) is 0 Å². The van der Waals surface area contributed by atoms with Crippen LogP contribution in [0.5, 0.6) is 0 Å². The lowest BCUT2D eigenvalue weighted by Gasteiger charge is -2.13. The predicted molar refractivity (Wildman–Crippen MR) is 33.4 cm³/mol. The van der Waals surface area contributed by atoms with Crippen LogP contribution in [0.2, 0.25) is 0 Å². The van der Waals surface area contributed by atoms with Crippen molar-refractivity contribution < 1.29 is 0 Å². The molecule has 0 aromatic heterocycles. The Morgan fingerprint density at radius 3 is 2.62 bits per heavy atom. The van der Waals surface area contributed by atoms with Crippen LogP contribution in [0.3, 0.4) is 0 Å². The molecule has 0 aromatic carbocycles. The molecular formula is C7H11N. The van der Waals surface area contributed by atoms with Gasteiger partial charge in [0, 0.05) is 17.7 Å². The van der Waals surface area contributed by atoms with Crippen molar-refractivity contribution in [1.82, 2.24) is 5.32 Å². The third-order valence-electron chi connectivity index (χ3n) is 2.31. The monoisotopic (exact) mass is 109 g/mol. The maximum absolute atomic E-state index is 3.93. The van der Waals surface area contributed by atoms with E-state index in [1.54, 1.807) is 0 Å². The lowest BCUT2D eigenvalue weighted by molar-refractivity contribution is 0.575. The molecule has 1 aliphatic heterocycles. The molecule has 1 saturated heterocycles. The van der Waals surface area contributed by atoms with E-state index in [-0.39, 0.29) is 0 Å². The molecule has 1 heterocycles. The molecule has 0 radical (unpaired) electrons. The quantitative estimate of drug-likeness (QED) is 0.494. The normalized spacial score (nSPS) is 42.8. The van der Waals surface area contributed by atoms with Gasteiger partial charge in [-0.25, -0.2) is 0 Å². The van der Waals surface area contributed by atoms with E-state index in [2.05, 4.69) is 11.9 Å². The summed E-state index contributed by atoms with van der Waals surface area (Å²) in [6, 6.07) is 0.799. The van der Waals surface area contributed by atoms with Gasteiger partial charge in [0.25, 0.3) is 0 Å². The summed E-state index contributed by atoms with van der Waals surface area (Å²) < 4.78 is 0. The molecule has 0 aromatic rings. The minimum absolute atomic E-state index is 0.799. The lowest BCUT2D eigenvalue weighted by Crippen LogP contribution is -2.21. The fraction of sp³-hybridized carbons (Fsp3) is 0.714. The number of hydrogen-bond donors (Lipinski definition) is 1. The summed E-state index contributed by atoms with van der Waals surface area (Å²) in [7, 11) is 0. The van der Waals surface area contributed by atoms with Crippen LogP contribution in [0, 0.1) is 5.92 Å². The first-order valence-electron chi connectivity index (χ1n) is 3.31. The highest BCUT2D eigenvalue weighted by atomic mass is 15.0. The van der Waals surface area contributed by atoms with Crippen molar-refractivity contribution in [2.24, 2.45) is 5.92 Å². The first kappa shape index (κ1) is 4.42. The maximum atomic E-state index is 3.93. The van der Waals surface area contributed by atoms with Gasteiger partial charge < -0.3 is 5.32 Å². The second-order valence-corrected chi connectivity index (χ2v) is 2.88. The summed E-state index contributed by atoms with van der Waals surface area (Å²) in [4.78, 5) is 0. The first-order chi connectivity index (χ1) is 3.86. The van der Waals surface area contributed by atoms with Crippen LogP contribution in [-0.4, -0.2) is 6.04 Å². The Labute approximate surface area is 49.8 Å². The SMILES string of the molecule is C=C1NC2CCC1C2. The van der Waals surface area contributed by atoms with E-state index in [9.17, 15) is 0 Å². The molecule has 2 aliphatic rings. The summed E-state index contributed by atoms with van der Waals surface area (Å²) in [6.07, 6.45) is 4.12. The third-order valence-corrected chi connectivity index (χ3v) is 2.31.